The van der Waals surface area contributed by atoms with Crippen LogP contribution in [0.15, 0.2) is 10.4 Å². The van der Waals surface area contributed by atoms with Gasteiger partial charge in [-0.1, -0.05) is 35.6 Å². The van der Waals surface area contributed by atoms with Crippen LogP contribution in [-0.4, -0.2) is 41.0 Å². The topological polar surface area (TPSA) is 40.5 Å². The first-order valence-electron chi connectivity index (χ1n) is 6.34. The highest BCUT2D eigenvalue weighted by molar-refractivity contribution is 6.94. The summed E-state index contributed by atoms with van der Waals surface area (Å²) in [6.45, 7) is 9.98. The fourth-order valence-corrected chi connectivity index (χ4v) is 10.1. The number of aliphatic hydroxyl groups is 2. The van der Waals surface area contributed by atoms with Gasteiger partial charge in [-0.25, -0.2) is 0 Å². The zero-order valence-electron chi connectivity index (χ0n) is 11.3. The van der Waals surface area contributed by atoms with Crippen molar-refractivity contribution in [1.29, 1.82) is 0 Å². The van der Waals surface area contributed by atoms with Crippen molar-refractivity contribution in [2.75, 3.05) is 13.2 Å². The van der Waals surface area contributed by atoms with Crippen LogP contribution in [0.2, 0.25) is 25.2 Å². The molecule has 0 unspecified atom stereocenters. The van der Waals surface area contributed by atoms with Crippen LogP contribution < -0.4 is 0 Å². The Kier molecular flexibility index (Phi) is 8.27. The van der Waals surface area contributed by atoms with Crippen molar-refractivity contribution in [3.63, 3.8) is 0 Å². The van der Waals surface area contributed by atoms with Gasteiger partial charge in [-0.05, 0) is 26.7 Å². The molecule has 16 heavy (non-hydrogen) atoms. The molecule has 0 spiro atoms. The van der Waals surface area contributed by atoms with Gasteiger partial charge >= 0.3 is 0 Å². The van der Waals surface area contributed by atoms with Gasteiger partial charge in [-0.15, -0.1) is 0 Å². The van der Waals surface area contributed by atoms with E-state index in [1.54, 1.807) is 4.82 Å². The summed E-state index contributed by atoms with van der Waals surface area (Å²) >= 11 is 0. The van der Waals surface area contributed by atoms with Crippen molar-refractivity contribution in [1.82, 2.24) is 0 Å². The highest BCUT2D eigenvalue weighted by Crippen LogP contribution is 2.24. The fourth-order valence-electron chi connectivity index (χ4n) is 2.35. The van der Waals surface area contributed by atoms with Gasteiger partial charge in [0, 0.05) is 22.7 Å². The van der Waals surface area contributed by atoms with Gasteiger partial charge in [-0.2, -0.15) is 0 Å². The molecule has 0 saturated heterocycles. The number of rotatable bonds is 8. The zero-order chi connectivity index (χ0) is 12.6. The zero-order valence-corrected chi connectivity index (χ0v) is 13.8. The van der Waals surface area contributed by atoms with Gasteiger partial charge in [0.2, 0.25) is 0 Å². The molecule has 2 nitrogen and oxygen atoms in total. The molecule has 0 aliphatic heterocycles. The normalized spacial score (nSPS) is 12.4. The first-order valence-corrected chi connectivity index (χ1v) is 11.3. The van der Waals surface area contributed by atoms with Crippen LogP contribution in [0.25, 0.3) is 0 Å². The lowest BCUT2D eigenvalue weighted by Gasteiger charge is -2.28. The number of allylic oxidation sites excluding steroid dienone is 1. The molecule has 0 saturated carbocycles. The molecule has 96 valence electrons. The third-order valence-corrected chi connectivity index (χ3v) is 12.6. The number of hydrogen-bond acceptors (Lipinski definition) is 2. The van der Waals surface area contributed by atoms with Crippen LogP contribution in [0, 0.1) is 0 Å². The molecule has 0 aliphatic carbocycles. The Hall–Kier alpha value is 0.0938. The van der Waals surface area contributed by atoms with Crippen LogP contribution >= 0.6 is 0 Å². The van der Waals surface area contributed by atoms with E-state index in [0.717, 1.165) is 12.8 Å². The molecule has 0 aromatic carbocycles. The average molecular weight is 261 g/mol. The van der Waals surface area contributed by atoms with Crippen molar-refractivity contribution in [3.8, 4) is 0 Å². The Balaban J connectivity index is 4.46. The second-order valence-electron chi connectivity index (χ2n) is 5.37. The Bertz CT molecular complexity index is 221. The first kappa shape index (κ1) is 16.1. The maximum Gasteiger partial charge on any atom is 0.0705 e. The highest BCUT2D eigenvalue weighted by atomic mass is 28.4. The molecule has 0 fully saturated rings. The summed E-state index contributed by atoms with van der Waals surface area (Å²) < 4.78 is 0. The SMILES string of the molecule is CC(C)=C([SiH2]CCCO)[Si](C)(C)CCCO. The summed E-state index contributed by atoms with van der Waals surface area (Å²) in [5.41, 5.74) is 1.51. The Morgan fingerprint density at radius 2 is 1.62 bits per heavy atom. The van der Waals surface area contributed by atoms with Crippen molar-refractivity contribution >= 4 is 17.6 Å². The second kappa shape index (κ2) is 8.22. The molecule has 4 heteroatoms. The molecule has 0 aliphatic rings. The summed E-state index contributed by atoms with van der Waals surface area (Å²) in [7, 11) is -1.43. The summed E-state index contributed by atoms with van der Waals surface area (Å²) in [4.78, 5) is 1.77. The Morgan fingerprint density at radius 3 is 2.06 bits per heavy atom. The van der Waals surface area contributed by atoms with Gasteiger partial charge in [0.15, 0.2) is 0 Å². The second-order valence-corrected chi connectivity index (χ2v) is 12.9. The molecular formula is C12H28O2Si2. The van der Waals surface area contributed by atoms with Gasteiger partial charge in [-0.3, -0.25) is 0 Å². The summed E-state index contributed by atoms with van der Waals surface area (Å²) in [6, 6.07) is 2.43. The average Bonchev–Trinajstić information content (AvgIpc) is 2.20. The van der Waals surface area contributed by atoms with Crippen molar-refractivity contribution in [3.05, 3.63) is 10.4 Å². The lowest BCUT2D eigenvalue weighted by molar-refractivity contribution is 0.294. The van der Waals surface area contributed by atoms with E-state index in [0.29, 0.717) is 13.2 Å². The van der Waals surface area contributed by atoms with Crippen LogP contribution in [-0.2, 0) is 0 Å². The van der Waals surface area contributed by atoms with E-state index in [1.165, 1.54) is 17.7 Å². The van der Waals surface area contributed by atoms with E-state index in [4.69, 9.17) is 10.2 Å². The molecule has 2 N–H and O–H groups in total. The van der Waals surface area contributed by atoms with Crippen LogP contribution in [0.3, 0.4) is 0 Å². The highest BCUT2D eigenvalue weighted by Gasteiger charge is 2.25. The Morgan fingerprint density at radius 1 is 1.06 bits per heavy atom. The predicted molar refractivity (Wildman–Crippen MR) is 77.4 cm³/mol. The van der Waals surface area contributed by atoms with E-state index in [-0.39, 0.29) is 9.52 Å². The molecule has 0 aromatic rings. The van der Waals surface area contributed by atoms with E-state index < -0.39 is 8.07 Å². The largest absolute Gasteiger partial charge is 0.396 e. The quantitative estimate of drug-likeness (QED) is 0.517. The molecule has 0 atom stereocenters. The third-order valence-electron chi connectivity index (χ3n) is 3.22. The predicted octanol–water partition coefficient (Wildman–Crippen LogP) is 1.88. The number of hydrogen-bond donors (Lipinski definition) is 2. The minimum absolute atomic E-state index is 0.166. The molecule has 0 radical (unpaired) electrons. The summed E-state index contributed by atoms with van der Waals surface area (Å²) in [5, 5.41) is 17.8. The van der Waals surface area contributed by atoms with Crippen LogP contribution in [0.4, 0.5) is 0 Å². The molecule has 0 heterocycles. The molecule has 0 aromatic heterocycles. The van der Waals surface area contributed by atoms with Crippen molar-refractivity contribution in [2.45, 2.75) is 51.9 Å². The molecule has 0 rings (SSSR count). The van der Waals surface area contributed by atoms with Gasteiger partial charge in [0.1, 0.15) is 0 Å². The minimum Gasteiger partial charge on any atom is -0.396 e. The van der Waals surface area contributed by atoms with E-state index in [2.05, 4.69) is 26.9 Å². The lowest BCUT2D eigenvalue weighted by atomic mass is 10.4. The summed E-state index contributed by atoms with van der Waals surface area (Å²) in [6.07, 6.45) is 1.91. The van der Waals surface area contributed by atoms with Crippen LogP contribution in [0.5, 0.6) is 0 Å². The lowest BCUT2D eigenvalue weighted by Crippen LogP contribution is -2.33. The summed E-state index contributed by atoms with van der Waals surface area (Å²) in [5.74, 6) is 0. The third kappa shape index (κ3) is 5.98. The van der Waals surface area contributed by atoms with E-state index >= 15 is 0 Å². The molecule has 0 amide bonds. The van der Waals surface area contributed by atoms with Gasteiger partial charge < -0.3 is 10.2 Å². The van der Waals surface area contributed by atoms with Gasteiger partial charge in [0.05, 0.1) is 8.07 Å². The fraction of sp³-hybridized carbons (Fsp3) is 0.833. The first-order chi connectivity index (χ1) is 7.45. The van der Waals surface area contributed by atoms with Crippen molar-refractivity contribution in [2.24, 2.45) is 0 Å². The van der Waals surface area contributed by atoms with Crippen molar-refractivity contribution < 1.29 is 10.2 Å². The molecular weight excluding hydrogens is 232 g/mol. The maximum atomic E-state index is 8.95. The van der Waals surface area contributed by atoms with Crippen LogP contribution in [0.1, 0.15) is 26.7 Å². The monoisotopic (exact) mass is 260 g/mol. The standard InChI is InChI=1S/C12H28O2Si2/c1-11(2)12(15-9-5-7-13)16(3,4)10-6-8-14/h13-14H,5-10,15H2,1-4H3. The smallest absolute Gasteiger partial charge is 0.0705 e. The van der Waals surface area contributed by atoms with E-state index in [1.807, 2.05) is 0 Å². The minimum atomic E-state index is -1.27. The van der Waals surface area contributed by atoms with E-state index in [9.17, 15) is 0 Å². The molecule has 0 bridgehead atoms. The number of aliphatic hydroxyl groups excluding tert-OH is 2. The van der Waals surface area contributed by atoms with Gasteiger partial charge in [0.25, 0.3) is 0 Å². The maximum absolute atomic E-state index is 8.95. The Labute approximate surface area is 104 Å².